The largest absolute Gasteiger partial charge is 0.456 e. The summed E-state index contributed by atoms with van der Waals surface area (Å²) in [5, 5.41) is 10.7. The summed E-state index contributed by atoms with van der Waals surface area (Å²) in [4.78, 5) is 10.5. The van der Waals surface area contributed by atoms with Crippen LogP contribution in [0.15, 0.2) is 190 Å². The smallest absolute Gasteiger partial charge is 0.159 e. The Balaban J connectivity index is 1.05. The van der Waals surface area contributed by atoms with Crippen molar-refractivity contribution in [2.75, 3.05) is 0 Å². The van der Waals surface area contributed by atoms with Crippen LogP contribution in [0.4, 0.5) is 0 Å². The molecule has 0 saturated carbocycles. The second-order valence-corrected chi connectivity index (χ2v) is 14.8. The normalized spacial score (nSPS) is 14.5. The first kappa shape index (κ1) is 30.8. The number of hydrogen-bond donors (Lipinski definition) is 1. The Morgan fingerprint density at radius 3 is 2.04 bits per heavy atom. The van der Waals surface area contributed by atoms with Crippen LogP contribution in [-0.4, -0.2) is 11.7 Å². The van der Waals surface area contributed by atoms with E-state index in [1.807, 2.05) is 29.5 Å². The zero-order valence-electron chi connectivity index (χ0n) is 29.0. The number of fused-ring (bicyclic) bond motifs is 7. The lowest BCUT2D eigenvalue weighted by atomic mass is 9.89. The summed E-state index contributed by atoms with van der Waals surface area (Å²) in [5.41, 5.74) is 9.60. The molecule has 0 radical (unpaired) electrons. The second kappa shape index (κ2) is 12.4. The van der Waals surface area contributed by atoms with E-state index in [1.54, 1.807) is 0 Å². The topological polar surface area (TPSA) is 49.9 Å². The molecule has 1 atom stereocenters. The molecule has 10 aromatic rings. The van der Waals surface area contributed by atoms with Gasteiger partial charge in [0.2, 0.25) is 0 Å². The number of furan rings is 1. The van der Waals surface area contributed by atoms with Gasteiger partial charge >= 0.3 is 0 Å². The van der Waals surface area contributed by atoms with Gasteiger partial charge in [0, 0.05) is 53.2 Å². The maximum Gasteiger partial charge on any atom is 0.159 e. The Bertz CT molecular complexity index is 3140. The minimum Gasteiger partial charge on any atom is -0.456 e. The molecule has 8 aromatic carbocycles. The Labute approximate surface area is 315 Å². The number of nitrogens with zero attached hydrogens (tertiary/aromatic N) is 2. The first-order valence-electron chi connectivity index (χ1n) is 18.2. The van der Waals surface area contributed by atoms with Crippen molar-refractivity contribution in [1.29, 1.82) is 0 Å². The molecule has 0 amide bonds. The van der Waals surface area contributed by atoms with Gasteiger partial charge in [0.15, 0.2) is 5.84 Å². The molecule has 0 saturated heterocycles. The van der Waals surface area contributed by atoms with Crippen LogP contribution in [0.3, 0.4) is 0 Å². The molecule has 4 nitrogen and oxygen atoms in total. The van der Waals surface area contributed by atoms with E-state index in [1.165, 1.54) is 36.9 Å². The third kappa shape index (κ3) is 5.05. The Morgan fingerprint density at radius 1 is 0.519 bits per heavy atom. The lowest BCUT2D eigenvalue weighted by Gasteiger charge is -2.24. The van der Waals surface area contributed by atoms with Crippen LogP contribution in [0.25, 0.3) is 75.1 Å². The summed E-state index contributed by atoms with van der Waals surface area (Å²) >= 11 is 1.82. The maximum absolute atomic E-state index is 6.37. The van der Waals surface area contributed by atoms with E-state index >= 15 is 0 Å². The van der Waals surface area contributed by atoms with Crippen molar-refractivity contribution in [3.05, 3.63) is 193 Å². The minimum atomic E-state index is -0.302. The highest BCUT2D eigenvalue weighted by Gasteiger charge is 2.24. The lowest BCUT2D eigenvalue weighted by molar-refractivity contribution is 0.669. The molecule has 0 fully saturated rings. The quantitative estimate of drug-likeness (QED) is 0.193. The third-order valence-electron chi connectivity index (χ3n) is 10.5. The van der Waals surface area contributed by atoms with Crippen LogP contribution in [0, 0.1) is 0 Å². The van der Waals surface area contributed by atoms with E-state index in [2.05, 4.69) is 163 Å². The Hall–Kier alpha value is -6.82. The lowest BCUT2D eigenvalue weighted by Crippen LogP contribution is -2.33. The van der Waals surface area contributed by atoms with Gasteiger partial charge in [-0.05, 0) is 57.8 Å². The van der Waals surface area contributed by atoms with E-state index in [0.717, 1.165) is 60.8 Å². The van der Waals surface area contributed by atoms with E-state index in [9.17, 15) is 0 Å². The van der Waals surface area contributed by atoms with Gasteiger partial charge in [0.05, 0.1) is 0 Å². The van der Waals surface area contributed by atoms with Crippen LogP contribution >= 0.6 is 11.3 Å². The molecule has 11 rings (SSSR count). The van der Waals surface area contributed by atoms with Gasteiger partial charge in [-0.3, -0.25) is 0 Å². The van der Waals surface area contributed by atoms with E-state index in [-0.39, 0.29) is 6.17 Å². The maximum atomic E-state index is 6.37. The van der Waals surface area contributed by atoms with Crippen molar-refractivity contribution in [1.82, 2.24) is 5.32 Å². The minimum absolute atomic E-state index is 0.302. The van der Waals surface area contributed by atoms with Crippen molar-refractivity contribution in [2.24, 2.45) is 9.98 Å². The molecular weight excluding hydrogens is 679 g/mol. The SMILES string of the molecule is c1ccc(C2=NC(c3ccc4cc(-c5c(-c6ccccc6)ccc6oc7ccccc7c56)ccc4c3)=NC(c3cccc4c3sc3ccccc34)N2)cc1. The van der Waals surface area contributed by atoms with Crippen molar-refractivity contribution < 1.29 is 4.42 Å². The fraction of sp³-hybridized carbons (Fsp3) is 0.0204. The molecule has 54 heavy (non-hydrogen) atoms. The number of hydrogen-bond acceptors (Lipinski definition) is 5. The van der Waals surface area contributed by atoms with Crippen molar-refractivity contribution in [3.8, 4) is 22.3 Å². The molecule has 5 heteroatoms. The van der Waals surface area contributed by atoms with E-state index in [0.29, 0.717) is 5.84 Å². The zero-order valence-corrected chi connectivity index (χ0v) is 29.8. The van der Waals surface area contributed by atoms with Gasteiger partial charge in [-0.25, -0.2) is 9.98 Å². The Morgan fingerprint density at radius 2 is 1.20 bits per heavy atom. The van der Waals surface area contributed by atoms with Gasteiger partial charge in [-0.15, -0.1) is 11.3 Å². The number of rotatable bonds is 5. The molecule has 0 aliphatic carbocycles. The standard InChI is InChI=1S/C49H31N3OS/c1-3-12-30(13-4-1)36-26-27-42-45(39-17-7-9-20-41(39)53-42)44(36)34-24-22-33-29-35(25-23-32(33)28-34)48-50-47(31-14-5-2-6-15-31)51-49(52-48)40-19-11-18-38-37-16-8-10-21-43(37)54-46(38)40/h1-29,49H,(H,50,51,52). The van der Waals surface area contributed by atoms with Gasteiger partial charge in [0.25, 0.3) is 0 Å². The summed E-state index contributed by atoms with van der Waals surface area (Å²) < 4.78 is 8.89. The first-order valence-corrected chi connectivity index (χ1v) is 19.0. The van der Waals surface area contributed by atoms with Gasteiger partial charge < -0.3 is 9.73 Å². The molecule has 2 aromatic heterocycles. The highest BCUT2D eigenvalue weighted by atomic mass is 32.1. The summed E-state index contributed by atoms with van der Waals surface area (Å²) in [6.07, 6.45) is -0.302. The van der Waals surface area contributed by atoms with Gasteiger partial charge in [0.1, 0.15) is 23.2 Å². The van der Waals surface area contributed by atoms with Crippen LogP contribution in [-0.2, 0) is 0 Å². The average Bonchev–Trinajstić information content (AvgIpc) is 3.82. The number of thiophene rings is 1. The summed E-state index contributed by atoms with van der Waals surface area (Å²) in [6.45, 7) is 0. The van der Waals surface area contributed by atoms with Crippen molar-refractivity contribution >= 4 is 75.9 Å². The molecule has 1 aliphatic rings. The Kier molecular flexibility index (Phi) is 7.07. The zero-order chi connectivity index (χ0) is 35.6. The highest BCUT2D eigenvalue weighted by molar-refractivity contribution is 7.26. The number of amidine groups is 2. The molecule has 3 heterocycles. The number of para-hydroxylation sites is 1. The summed E-state index contributed by atoms with van der Waals surface area (Å²) in [7, 11) is 0. The van der Waals surface area contributed by atoms with E-state index in [4.69, 9.17) is 14.4 Å². The molecule has 0 spiro atoms. The monoisotopic (exact) mass is 709 g/mol. The third-order valence-corrected chi connectivity index (χ3v) is 11.8. The molecule has 0 bridgehead atoms. The van der Waals surface area contributed by atoms with E-state index < -0.39 is 0 Å². The fourth-order valence-electron chi connectivity index (χ4n) is 7.98. The van der Waals surface area contributed by atoms with Crippen LogP contribution in [0.5, 0.6) is 0 Å². The number of aliphatic imine (C=N–C) groups is 2. The average molecular weight is 710 g/mol. The predicted octanol–water partition coefficient (Wildman–Crippen LogP) is 12.9. The number of nitrogens with one attached hydrogen (secondary N) is 1. The van der Waals surface area contributed by atoms with Crippen LogP contribution in [0.1, 0.15) is 22.9 Å². The molecule has 1 N–H and O–H groups in total. The summed E-state index contributed by atoms with van der Waals surface area (Å²) in [5.74, 6) is 1.52. The van der Waals surface area contributed by atoms with Crippen molar-refractivity contribution in [2.45, 2.75) is 6.17 Å². The first-order chi connectivity index (χ1) is 26.7. The fourth-order valence-corrected chi connectivity index (χ4v) is 9.22. The predicted molar refractivity (Wildman–Crippen MR) is 227 cm³/mol. The number of benzene rings is 8. The van der Waals surface area contributed by atoms with Crippen LogP contribution < -0.4 is 5.32 Å². The second-order valence-electron chi connectivity index (χ2n) is 13.8. The molecule has 1 unspecified atom stereocenters. The van der Waals surface area contributed by atoms with Gasteiger partial charge in [-0.1, -0.05) is 146 Å². The van der Waals surface area contributed by atoms with Crippen LogP contribution in [0.2, 0.25) is 0 Å². The van der Waals surface area contributed by atoms with Crippen molar-refractivity contribution in [3.63, 3.8) is 0 Å². The molecule has 1 aliphatic heterocycles. The molecule has 254 valence electrons. The van der Waals surface area contributed by atoms with Gasteiger partial charge in [-0.2, -0.15) is 0 Å². The highest BCUT2D eigenvalue weighted by Crippen LogP contribution is 2.44. The molecular formula is C49H31N3OS. The summed E-state index contributed by atoms with van der Waals surface area (Å²) in [6, 6.07) is 62.1.